The first-order chi connectivity index (χ1) is 13.6. The number of amides is 1. The number of carbonyl (C=O) groups is 1. The van der Waals surface area contributed by atoms with E-state index in [1.807, 2.05) is 23.6 Å². The summed E-state index contributed by atoms with van der Waals surface area (Å²) in [4.78, 5) is 18.6. The number of aromatic nitrogens is 4. The second-order valence-corrected chi connectivity index (χ2v) is 7.47. The molecule has 4 rings (SSSR count). The Labute approximate surface area is 166 Å². The van der Waals surface area contributed by atoms with E-state index in [2.05, 4.69) is 34.2 Å². The average Bonchev–Trinajstić information content (AvgIpc) is 3.33. The molecule has 0 bridgehead atoms. The Morgan fingerprint density at radius 3 is 2.82 bits per heavy atom. The van der Waals surface area contributed by atoms with Gasteiger partial charge in [0.2, 0.25) is 5.89 Å². The molecule has 9 heteroatoms. The lowest BCUT2D eigenvalue weighted by atomic mass is 10.2. The number of nitrogens with zero attached hydrogens (tertiary/aromatic N) is 5. The van der Waals surface area contributed by atoms with Gasteiger partial charge in [0.15, 0.2) is 10.9 Å². The quantitative estimate of drug-likeness (QED) is 0.610. The molecule has 2 aromatic heterocycles. The van der Waals surface area contributed by atoms with Crippen LogP contribution in [0, 0.1) is 13.8 Å². The minimum absolute atomic E-state index is 0.123. The fourth-order valence-corrected chi connectivity index (χ4v) is 3.88. The van der Waals surface area contributed by atoms with Crippen molar-refractivity contribution < 1.29 is 13.9 Å². The lowest BCUT2D eigenvalue weighted by molar-refractivity contribution is 0.0299. The average molecular weight is 399 g/mol. The highest BCUT2D eigenvalue weighted by atomic mass is 32.2. The monoisotopic (exact) mass is 399 g/mol. The number of hydrogen-bond donors (Lipinski definition) is 0. The smallest absolute Gasteiger partial charge is 0.275 e. The molecule has 146 valence electrons. The fraction of sp³-hybridized carbons (Fsp3) is 0.368. The summed E-state index contributed by atoms with van der Waals surface area (Å²) in [7, 11) is 0. The highest BCUT2D eigenvalue weighted by molar-refractivity contribution is 7.98. The number of hydrogen-bond acceptors (Lipinski definition) is 7. The maximum atomic E-state index is 12.5. The summed E-state index contributed by atoms with van der Waals surface area (Å²) in [6.45, 7) is 6.24. The van der Waals surface area contributed by atoms with Crippen LogP contribution in [0.5, 0.6) is 0 Å². The lowest BCUT2D eigenvalue weighted by Gasteiger charge is -2.25. The van der Waals surface area contributed by atoms with Crippen molar-refractivity contribution in [3.05, 3.63) is 53.5 Å². The van der Waals surface area contributed by atoms with Gasteiger partial charge < -0.3 is 14.1 Å². The van der Waals surface area contributed by atoms with Gasteiger partial charge in [-0.3, -0.25) is 9.36 Å². The van der Waals surface area contributed by atoms with Crippen molar-refractivity contribution in [2.75, 3.05) is 26.3 Å². The zero-order valence-electron chi connectivity index (χ0n) is 15.8. The molecule has 0 unspecified atom stereocenters. The van der Waals surface area contributed by atoms with Gasteiger partial charge in [-0.25, -0.2) is 4.98 Å². The van der Waals surface area contributed by atoms with E-state index in [-0.39, 0.29) is 5.91 Å². The van der Waals surface area contributed by atoms with Crippen molar-refractivity contribution in [3.63, 3.8) is 0 Å². The summed E-state index contributed by atoms with van der Waals surface area (Å²) in [5.41, 5.74) is 2.51. The van der Waals surface area contributed by atoms with E-state index in [0.29, 0.717) is 43.6 Å². The van der Waals surface area contributed by atoms with Gasteiger partial charge in [-0.05, 0) is 31.5 Å². The molecule has 1 amide bonds. The third-order valence-corrected chi connectivity index (χ3v) is 5.36. The molecule has 1 fully saturated rings. The molecule has 0 aliphatic carbocycles. The molecule has 0 spiro atoms. The number of rotatable bonds is 5. The number of oxazole rings is 1. The van der Waals surface area contributed by atoms with Crippen LogP contribution in [-0.2, 0) is 10.5 Å². The van der Waals surface area contributed by atoms with Crippen molar-refractivity contribution >= 4 is 17.7 Å². The largest absolute Gasteiger partial charge is 0.447 e. The summed E-state index contributed by atoms with van der Waals surface area (Å²) in [5, 5.41) is 9.22. The van der Waals surface area contributed by atoms with Crippen LogP contribution >= 0.6 is 11.8 Å². The second kappa shape index (κ2) is 8.15. The van der Waals surface area contributed by atoms with E-state index in [0.717, 1.165) is 16.7 Å². The molecule has 0 radical (unpaired) electrons. The van der Waals surface area contributed by atoms with Gasteiger partial charge in [0.1, 0.15) is 12.1 Å². The van der Waals surface area contributed by atoms with Crippen molar-refractivity contribution in [3.8, 4) is 5.69 Å². The Balaban J connectivity index is 1.46. The van der Waals surface area contributed by atoms with Crippen LogP contribution in [0.15, 0.2) is 40.1 Å². The summed E-state index contributed by atoms with van der Waals surface area (Å²) < 4.78 is 12.8. The molecule has 3 aromatic rings. The Morgan fingerprint density at radius 2 is 2.04 bits per heavy atom. The molecule has 0 N–H and O–H groups in total. The Morgan fingerprint density at radius 1 is 1.21 bits per heavy atom. The molecule has 1 saturated heterocycles. The first-order valence-electron chi connectivity index (χ1n) is 9.05. The van der Waals surface area contributed by atoms with Gasteiger partial charge in [0.05, 0.1) is 19.0 Å². The molecule has 0 atom stereocenters. The van der Waals surface area contributed by atoms with E-state index >= 15 is 0 Å². The second-order valence-electron chi connectivity index (χ2n) is 6.52. The summed E-state index contributed by atoms with van der Waals surface area (Å²) in [6.07, 6.45) is 1.42. The van der Waals surface area contributed by atoms with Gasteiger partial charge in [-0.1, -0.05) is 23.9 Å². The Bertz CT molecular complexity index is 978. The molecule has 8 nitrogen and oxygen atoms in total. The number of morpholine rings is 1. The highest BCUT2D eigenvalue weighted by Crippen LogP contribution is 2.25. The number of ether oxygens (including phenoxy) is 1. The van der Waals surface area contributed by atoms with Crippen molar-refractivity contribution in [2.24, 2.45) is 0 Å². The fourth-order valence-electron chi connectivity index (χ4n) is 3.03. The predicted molar refractivity (Wildman–Crippen MR) is 104 cm³/mol. The van der Waals surface area contributed by atoms with E-state index in [4.69, 9.17) is 9.15 Å². The van der Waals surface area contributed by atoms with Gasteiger partial charge in [0.25, 0.3) is 5.91 Å². The van der Waals surface area contributed by atoms with Crippen molar-refractivity contribution in [2.45, 2.75) is 24.8 Å². The predicted octanol–water partition coefficient (Wildman–Crippen LogP) is 2.64. The van der Waals surface area contributed by atoms with E-state index in [9.17, 15) is 4.79 Å². The molecular formula is C19H21N5O3S. The SMILES string of the molecule is Cc1cccc(-n2c(C)nnc2SCc2nc(C(=O)N3CCOCC3)co2)c1. The summed E-state index contributed by atoms with van der Waals surface area (Å²) in [5.74, 6) is 1.63. The molecule has 0 saturated carbocycles. The summed E-state index contributed by atoms with van der Waals surface area (Å²) in [6, 6.07) is 8.17. The van der Waals surface area contributed by atoms with E-state index in [1.165, 1.54) is 23.6 Å². The van der Waals surface area contributed by atoms with Crippen LogP contribution in [-0.4, -0.2) is 56.9 Å². The first kappa shape index (κ1) is 18.7. The van der Waals surface area contributed by atoms with Gasteiger partial charge in [-0.2, -0.15) is 0 Å². The van der Waals surface area contributed by atoms with Gasteiger partial charge >= 0.3 is 0 Å². The standard InChI is InChI=1S/C19H21N5O3S/c1-13-4-3-5-15(10-13)24-14(2)21-22-19(24)28-12-17-20-16(11-27-17)18(25)23-6-8-26-9-7-23/h3-5,10-11H,6-9,12H2,1-2H3. The van der Waals surface area contributed by atoms with E-state index < -0.39 is 0 Å². The topological polar surface area (TPSA) is 86.3 Å². The summed E-state index contributed by atoms with van der Waals surface area (Å²) >= 11 is 1.47. The van der Waals surface area contributed by atoms with Gasteiger partial charge in [0, 0.05) is 18.8 Å². The maximum absolute atomic E-state index is 12.5. The first-order valence-corrected chi connectivity index (χ1v) is 10.0. The van der Waals surface area contributed by atoms with Crippen LogP contribution in [0.3, 0.4) is 0 Å². The van der Waals surface area contributed by atoms with Crippen LogP contribution < -0.4 is 0 Å². The minimum Gasteiger partial charge on any atom is -0.447 e. The van der Waals surface area contributed by atoms with Crippen LogP contribution in [0.2, 0.25) is 0 Å². The molecule has 1 aromatic carbocycles. The van der Waals surface area contributed by atoms with Crippen LogP contribution in [0.1, 0.15) is 27.8 Å². The Hall–Kier alpha value is -2.65. The molecule has 3 heterocycles. The van der Waals surface area contributed by atoms with Crippen LogP contribution in [0.4, 0.5) is 0 Å². The zero-order valence-corrected chi connectivity index (χ0v) is 16.6. The third kappa shape index (κ3) is 3.95. The lowest BCUT2D eigenvalue weighted by Crippen LogP contribution is -2.40. The molecule has 1 aliphatic rings. The number of aryl methyl sites for hydroxylation is 2. The van der Waals surface area contributed by atoms with Gasteiger partial charge in [-0.15, -0.1) is 10.2 Å². The molecule has 28 heavy (non-hydrogen) atoms. The third-order valence-electron chi connectivity index (χ3n) is 4.45. The molecular weight excluding hydrogens is 378 g/mol. The van der Waals surface area contributed by atoms with Crippen molar-refractivity contribution in [1.29, 1.82) is 0 Å². The maximum Gasteiger partial charge on any atom is 0.275 e. The number of thioether (sulfide) groups is 1. The normalized spacial score (nSPS) is 14.4. The van der Waals surface area contributed by atoms with Crippen molar-refractivity contribution in [1.82, 2.24) is 24.6 Å². The molecule has 1 aliphatic heterocycles. The Kier molecular flexibility index (Phi) is 5.45. The minimum atomic E-state index is -0.123. The number of benzene rings is 1. The highest BCUT2D eigenvalue weighted by Gasteiger charge is 2.22. The zero-order chi connectivity index (χ0) is 19.5. The number of carbonyl (C=O) groups excluding carboxylic acids is 1. The van der Waals surface area contributed by atoms with Crippen LogP contribution in [0.25, 0.3) is 5.69 Å². The van der Waals surface area contributed by atoms with E-state index in [1.54, 1.807) is 4.90 Å².